The summed E-state index contributed by atoms with van der Waals surface area (Å²) in [7, 11) is 0. The molecule has 0 rings (SSSR count). The summed E-state index contributed by atoms with van der Waals surface area (Å²) in [6.45, 7) is 11.5. The lowest BCUT2D eigenvalue weighted by Gasteiger charge is -2.18. The summed E-state index contributed by atoms with van der Waals surface area (Å²) in [6, 6.07) is 0. The lowest BCUT2D eigenvalue weighted by Crippen LogP contribution is -2.27. The molecule has 1 heteroatoms. The van der Waals surface area contributed by atoms with Crippen LogP contribution < -0.4 is 5.32 Å². The van der Waals surface area contributed by atoms with Crippen molar-refractivity contribution in [3.8, 4) is 0 Å². The van der Waals surface area contributed by atoms with Crippen LogP contribution in [-0.2, 0) is 0 Å². The topological polar surface area (TPSA) is 12.0 Å². The van der Waals surface area contributed by atoms with Crippen molar-refractivity contribution in [3.05, 3.63) is 0 Å². The van der Waals surface area contributed by atoms with Crippen molar-refractivity contribution in [2.24, 2.45) is 5.41 Å². The first-order valence-electron chi connectivity index (χ1n) is 10.3. The molecule has 0 spiro atoms. The highest BCUT2D eigenvalue weighted by molar-refractivity contribution is 4.64. The van der Waals surface area contributed by atoms with Crippen LogP contribution >= 0.6 is 0 Å². The molecule has 1 nitrogen and oxygen atoms in total. The molecule has 134 valence electrons. The van der Waals surface area contributed by atoms with Crippen LogP contribution in [0.2, 0.25) is 0 Å². The van der Waals surface area contributed by atoms with Crippen LogP contribution in [-0.4, -0.2) is 13.1 Å². The van der Waals surface area contributed by atoms with E-state index in [0.29, 0.717) is 5.41 Å². The van der Waals surface area contributed by atoms with E-state index >= 15 is 0 Å². The summed E-state index contributed by atoms with van der Waals surface area (Å²) >= 11 is 0. The molecular weight excluding hydrogens is 266 g/mol. The Bertz CT molecular complexity index is 204. The summed E-state index contributed by atoms with van der Waals surface area (Å²) in [5, 5.41) is 3.57. The van der Waals surface area contributed by atoms with Gasteiger partial charge in [0.1, 0.15) is 0 Å². The molecule has 22 heavy (non-hydrogen) atoms. The van der Waals surface area contributed by atoms with Gasteiger partial charge in [-0.3, -0.25) is 0 Å². The molecule has 0 fully saturated rings. The Labute approximate surface area is 142 Å². The van der Waals surface area contributed by atoms with Crippen LogP contribution in [0, 0.1) is 5.41 Å². The molecule has 0 aliphatic heterocycles. The molecule has 0 unspecified atom stereocenters. The fourth-order valence-corrected chi connectivity index (χ4v) is 2.91. The van der Waals surface area contributed by atoms with E-state index < -0.39 is 0 Å². The SMILES string of the molecule is CCCCCCCCCCCCCCCCNCC(C)(C)C. The first-order valence-corrected chi connectivity index (χ1v) is 10.3. The maximum absolute atomic E-state index is 3.57. The molecule has 0 saturated heterocycles. The smallest absolute Gasteiger partial charge is 0.0000126 e. The Morgan fingerprint density at radius 2 is 0.909 bits per heavy atom. The second-order valence-corrected chi connectivity index (χ2v) is 8.33. The number of hydrogen-bond acceptors (Lipinski definition) is 1. The highest BCUT2D eigenvalue weighted by Gasteiger charge is 2.07. The number of nitrogens with one attached hydrogen (secondary N) is 1. The van der Waals surface area contributed by atoms with Crippen molar-refractivity contribution in [1.82, 2.24) is 5.32 Å². The first-order chi connectivity index (χ1) is 10.6. The molecule has 0 aliphatic carbocycles. The van der Waals surface area contributed by atoms with Crippen LogP contribution in [0.5, 0.6) is 0 Å². The fourth-order valence-electron chi connectivity index (χ4n) is 2.91. The second kappa shape index (κ2) is 15.8. The summed E-state index contributed by atoms with van der Waals surface area (Å²) < 4.78 is 0. The minimum absolute atomic E-state index is 0.427. The van der Waals surface area contributed by atoms with Crippen LogP contribution in [0.1, 0.15) is 118 Å². The Morgan fingerprint density at radius 1 is 0.545 bits per heavy atom. The van der Waals surface area contributed by atoms with E-state index in [1.54, 1.807) is 0 Å². The van der Waals surface area contributed by atoms with Gasteiger partial charge in [-0.1, -0.05) is 111 Å². The maximum Gasteiger partial charge on any atom is -0.0000126 e. The lowest BCUT2D eigenvalue weighted by atomic mass is 9.97. The predicted molar refractivity (Wildman–Crippen MR) is 103 cm³/mol. The van der Waals surface area contributed by atoms with Gasteiger partial charge in [-0.25, -0.2) is 0 Å². The summed E-state index contributed by atoms with van der Waals surface area (Å²) in [4.78, 5) is 0. The summed E-state index contributed by atoms with van der Waals surface area (Å²) in [5.74, 6) is 0. The van der Waals surface area contributed by atoms with Gasteiger partial charge in [0.2, 0.25) is 0 Å². The van der Waals surface area contributed by atoms with Crippen molar-refractivity contribution < 1.29 is 0 Å². The van der Waals surface area contributed by atoms with Crippen molar-refractivity contribution in [1.29, 1.82) is 0 Å². The van der Waals surface area contributed by atoms with Gasteiger partial charge in [0, 0.05) is 0 Å². The standard InChI is InChI=1S/C21H45N/c1-5-6-7-8-9-10-11-12-13-14-15-16-17-18-19-22-20-21(2,3)4/h22H,5-20H2,1-4H3. The minimum Gasteiger partial charge on any atom is -0.316 e. The zero-order valence-corrected chi connectivity index (χ0v) is 16.3. The van der Waals surface area contributed by atoms with Gasteiger partial charge in [0.05, 0.1) is 0 Å². The van der Waals surface area contributed by atoms with Gasteiger partial charge in [-0.2, -0.15) is 0 Å². The quantitative estimate of drug-likeness (QED) is 0.300. The molecule has 0 atom stereocenters. The Hall–Kier alpha value is -0.0400. The van der Waals surface area contributed by atoms with Crippen LogP contribution in [0.4, 0.5) is 0 Å². The summed E-state index contributed by atoms with van der Waals surface area (Å²) in [6.07, 6.45) is 20.2. The zero-order chi connectivity index (χ0) is 16.5. The van der Waals surface area contributed by atoms with E-state index in [1.807, 2.05) is 0 Å². The molecule has 1 N–H and O–H groups in total. The van der Waals surface area contributed by atoms with Gasteiger partial charge in [0.15, 0.2) is 0 Å². The van der Waals surface area contributed by atoms with Gasteiger partial charge in [-0.05, 0) is 24.9 Å². The average molecular weight is 312 g/mol. The third-order valence-corrected chi connectivity index (χ3v) is 4.36. The number of unbranched alkanes of at least 4 members (excludes halogenated alkanes) is 13. The van der Waals surface area contributed by atoms with Gasteiger partial charge < -0.3 is 5.32 Å². The number of hydrogen-bond donors (Lipinski definition) is 1. The normalized spacial score (nSPS) is 12.0. The van der Waals surface area contributed by atoms with E-state index in [-0.39, 0.29) is 0 Å². The molecule has 0 bridgehead atoms. The number of rotatable bonds is 16. The van der Waals surface area contributed by atoms with Gasteiger partial charge >= 0.3 is 0 Å². The fraction of sp³-hybridized carbons (Fsp3) is 1.00. The average Bonchev–Trinajstić information content (AvgIpc) is 2.45. The van der Waals surface area contributed by atoms with Crippen molar-refractivity contribution in [2.75, 3.05) is 13.1 Å². The lowest BCUT2D eigenvalue weighted by molar-refractivity contribution is 0.377. The van der Waals surface area contributed by atoms with Crippen molar-refractivity contribution in [3.63, 3.8) is 0 Å². The highest BCUT2D eigenvalue weighted by atomic mass is 14.9. The molecule has 0 aliphatic rings. The second-order valence-electron chi connectivity index (χ2n) is 8.33. The van der Waals surface area contributed by atoms with E-state index in [0.717, 1.165) is 6.54 Å². The zero-order valence-electron chi connectivity index (χ0n) is 16.3. The molecule has 0 heterocycles. The molecule has 0 aromatic carbocycles. The highest BCUT2D eigenvalue weighted by Crippen LogP contribution is 2.13. The molecule has 0 aromatic heterocycles. The Morgan fingerprint density at radius 3 is 1.27 bits per heavy atom. The molecule has 0 aromatic rings. The van der Waals surface area contributed by atoms with Crippen LogP contribution in [0.25, 0.3) is 0 Å². The van der Waals surface area contributed by atoms with Gasteiger partial charge in [-0.15, -0.1) is 0 Å². The van der Waals surface area contributed by atoms with Crippen molar-refractivity contribution >= 4 is 0 Å². The van der Waals surface area contributed by atoms with Crippen LogP contribution in [0.15, 0.2) is 0 Å². The maximum atomic E-state index is 3.57. The summed E-state index contributed by atoms with van der Waals surface area (Å²) in [5.41, 5.74) is 0.427. The monoisotopic (exact) mass is 311 g/mol. The molecule has 0 saturated carbocycles. The molecular formula is C21H45N. The van der Waals surface area contributed by atoms with E-state index in [1.165, 1.54) is 96.4 Å². The molecule has 0 radical (unpaired) electrons. The van der Waals surface area contributed by atoms with E-state index in [4.69, 9.17) is 0 Å². The van der Waals surface area contributed by atoms with E-state index in [9.17, 15) is 0 Å². The minimum atomic E-state index is 0.427. The van der Waals surface area contributed by atoms with Crippen LogP contribution in [0.3, 0.4) is 0 Å². The predicted octanol–water partition coefficient (Wildman–Crippen LogP) is 7.10. The molecule has 0 amide bonds. The third kappa shape index (κ3) is 20.0. The van der Waals surface area contributed by atoms with E-state index in [2.05, 4.69) is 33.0 Å². The van der Waals surface area contributed by atoms with Crippen molar-refractivity contribution in [2.45, 2.75) is 118 Å². The Balaban J connectivity index is 3.00. The largest absolute Gasteiger partial charge is 0.316 e. The third-order valence-electron chi connectivity index (χ3n) is 4.36. The Kier molecular flexibility index (Phi) is 15.8. The first kappa shape index (κ1) is 22.0. The van der Waals surface area contributed by atoms with Gasteiger partial charge in [0.25, 0.3) is 0 Å².